The summed E-state index contributed by atoms with van der Waals surface area (Å²) in [7, 11) is 0. The highest BCUT2D eigenvalue weighted by Crippen LogP contribution is 2.42. The maximum Gasteiger partial charge on any atom is 0.294 e. The number of aliphatic hydroxyl groups excluding tert-OH is 1. The lowest BCUT2D eigenvalue weighted by Gasteiger charge is -2.27. The van der Waals surface area contributed by atoms with Crippen LogP contribution in [0.3, 0.4) is 0 Å². The van der Waals surface area contributed by atoms with E-state index in [0.29, 0.717) is 11.3 Å². The molecule has 3 aromatic rings. The van der Waals surface area contributed by atoms with E-state index in [1.165, 1.54) is 29.4 Å². The molecule has 1 aliphatic rings. The van der Waals surface area contributed by atoms with Crippen LogP contribution in [0, 0.1) is 6.92 Å². The van der Waals surface area contributed by atoms with Gasteiger partial charge in [-0.1, -0.05) is 29.8 Å². The van der Waals surface area contributed by atoms with Crippen LogP contribution < -0.4 is 4.90 Å². The minimum absolute atomic E-state index is 0.00927. The molecule has 140 valence electrons. The predicted octanol–water partition coefficient (Wildman–Crippen LogP) is 4.08. The Hall–Kier alpha value is -3.80. The van der Waals surface area contributed by atoms with Crippen LogP contribution in [0.25, 0.3) is 0 Å². The number of furan rings is 1. The molecule has 0 saturated heterocycles. The number of carbonyl (C=O) groups is 2. The summed E-state index contributed by atoms with van der Waals surface area (Å²) in [5, 5.41) is 20.5. The Morgan fingerprint density at radius 3 is 2.43 bits per heavy atom. The summed E-state index contributed by atoms with van der Waals surface area (Å²) in [6.45, 7) is 1.92. The standard InChI is InChI=1S/C22H17NO5/c1-13-7-9-15(10-8-13)23-19(14-4-2-5-16(24)12-14)18(21(26)22(23)27)20(25)17-6-3-11-28-17/h2-12,19,24,26H,1H3. The zero-order chi connectivity index (χ0) is 19.8. The Morgan fingerprint density at radius 1 is 1.04 bits per heavy atom. The number of aryl methyl sites for hydroxylation is 1. The number of carbonyl (C=O) groups excluding carboxylic acids is 2. The summed E-state index contributed by atoms with van der Waals surface area (Å²) < 4.78 is 5.18. The van der Waals surface area contributed by atoms with Crippen molar-refractivity contribution in [2.75, 3.05) is 4.90 Å². The van der Waals surface area contributed by atoms with Crippen molar-refractivity contribution in [3.05, 3.63) is 95.1 Å². The summed E-state index contributed by atoms with van der Waals surface area (Å²) in [6, 6.07) is 15.6. The number of nitrogens with zero attached hydrogens (tertiary/aromatic N) is 1. The van der Waals surface area contributed by atoms with Gasteiger partial charge in [0.2, 0.25) is 5.78 Å². The average molecular weight is 375 g/mol. The molecular weight excluding hydrogens is 358 g/mol. The summed E-state index contributed by atoms with van der Waals surface area (Å²) in [5.41, 5.74) is 1.94. The number of aromatic hydroxyl groups is 1. The molecule has 2 heterocycles. The number of phenolic OH excluding ortho intramolecular Hbond substituents is 1. The van der Waals surface area contributed by atoms with Gasteiger partial charge in [-0.05, 0) is 48.9 Å². The van der Waals surface area contributed by atoms with Gasteiger partial charge in [0.05, 0.1) is 17.9 Å². The van der Waals surface area contributed by atoms with E-state index < -0.39 is 23.5 Å². The Bertz CT molecular complexity index is 1080. The molecule has 1 aliphatic heterocycles. The van der Waals surface area contributed by atoms with Crippen molar-refractivity contribution in [1.29, 1.82) is 0 Å². The van der Waals surface area contributed by atoms with Crippen molar-refractivity contribution in [2.24, 2.45) is 0 Å². The van der Waals surface area contributed by atoms with E-state index in [9.17, 15) is 19.8 Å². The quantitative estimate of drug-likeness (QED) is 0.671. The fraction of sp³-hybridized carbons (Fsp3) is 0.0909. The molecule has 1 atom stereocenters. The maximum absolute atomic E-state index is 13.0. The predicted molar refractivity (Wildman–Crippen MR) is 102 cm³/mol. The third-order valence-electron chi connectivity index (χ3n) is 4.70. The molecule has 2 N–H and O–H groups in total. The van der Waals surface area contributed by atoms with Crippen molar-refractivity contribution < 1.29 is 24.2 Å². The normalized spacial score (nSPS) is 16.7. The largest absolute Gasteiger partial charge is 0.508 e. The van der Waals surface area contributed by atoms with Crippen molar-refractivity contribution in [1.82, 2.24) is 0 Å². The molecular formula is C22H17NO5. The highest BCUT2D eigenvalue weighted by Gasteiger charge is 2.45. The number of anilines is 1. The number of hydrogen-bond donors (Lipinski definition) is 2. The van der Waals surface area contributed by atoms with Gasteiger partial charge in [-0.15, -0.1) is 0 Å². The van der Waals surface area contributed by atoms with Crippen LogP contribution in [0.2, 0.25) is 0 Å². The third kappa shape index (κ3) is 2.85. The maximum atomic E-state index is 13.0. The van der Waals surface area contributed by atoms with E-state index in [2.05, 4.69) is 0 Å². The molecule has 0 spiro atoms. The lowest BCUT2D eigenvalue weighted by atomic mass is 9.94. The second-order valence-corrected chi connectivity index (χ2v) is 6.58. The number of benzene rings is 2. The fourth-order valence-corrected chi connectivity index (χ4v) is 3.36. The summed E-state index contributed by atoms with van der Waals surface area (Å²) in [5.74, 6) is -1.89. The molecule has 6 heteroatoms. The second kappa shape index (κ2) is 6.74. The Morgan fingerprint density at radius 2 is 1.79 bits per heavy atom. The first-order valence-electron chi connectivity index (χ1n) is 8.68. The molecule has 28 heavy (non-hydrogen) atoms. The molecule has 0 bridgehead atoms. The number of Topliss-reactive ketones (excluding diaryl/α,β-unsaturated/α-hetero) is 1. The Labute approximate surface area is 161 Å². The molecule has 1 amide bonds. The van der Waals surface area contributed by atoms with Crippen LogP contribution in [0.1, 0.15) is 27.7 Å². The van der Waals surface area contributed by atoms with Crippen molar-refractivity contribution >= 4 is 17.4 Å². The third-order valence-corrected chi connectivity index (χ3v) is 4.70. The van der Waals surface area contributed by atoms with E-state index in [-0.39, 0.29) is 17.1 Å². The number of aliphatic hydroxyl groups is 1. The van der Waals surface area contributed by atoms with Crippen LogP contribution in [-0.2, 0) is 4.79 Å². The fourth-order valence-electron chi connectivity index (χ4n) is 3.36. The molecule has 2 aromatic carbocycles. The first-order valence-corrected chi connectivity index (χ1v) is 8.68. The van der Waals surface area contributed by atoms with Gasteiger partial charge in [0.25, 0.3) is 5.91 Å². The molecule has 1 aromatic heterocycles. The molecule has 0 fully saturated rings. The van der Waals surface area contributed by atoms with Crippen molar-refractivity contribution in [2.45, 2.75) is 13.0 Å². The van der Waals surface area contributed by atoms with Crippen LogP contribution >= 0.6 is 0 Å². The highest BCUT2D eigenvalue weighted by atomic mass is 16.3. The lowest BCUT2D eigenvalue weighted by Crippen LogP contribution is -2.31. The van der Waals surface area contributed by atoms with Crippen molar-refractivity contribution in [3.8, 4) is 5.75 Å². The summed E-state index contributed by atoms with van der Waals surface area (Å²) >= 11 is 0. The molecule has 0 aliphatic carbocycles. The first kappa shape index (κ1) is 17.6. The SMILES string of the molecule is Cc1ccc(N2C(=O)C(O)=C(C(=O)c3ccco3)C2c2cccc(O)c2)cc1. The number of phenols is 1. The van der Waals surface area contributed by atoms with E-state index in [1.54, 1.807) is 30.3 Å². The molecule has 0 saturated carbocycles. The topological polar surface area (TPSA) is 91.0 Å². The van der Waals surface area contributed by atoms with Gasteiger partial charge in [0.1, 0.15) is 5.75 Å². The zero-order valence-electron chi connectivity index (χ0n) is 15.0. The van der Waals surface area contributed by atoms with Gasteiger partial charge in [-0.2, -0.15) is 0 Å². The van der Waals surface area contributed by atoms with Gasteiger partial charge < -0.3 is 14.6 Å². The number of rotatable bonds is 4. The van der Waals surface area contributed by atoms with Gasteiger partial charge in [0, 0.05) is 5.69 Å². The van der Waals surface area contributed by atoms with E-state index in [0.717, 1.165) is 5.56 Å². The molecule has 0 radical (unpaired) electrons. The Balaban J connectivity index is 1.89. The summed E-state index contributed by atoms with van der Waals surface area (Å²) in [6.07, 6.45) is 1.35. The summed E-state index contributed by atoms with van der Waals surface area (Å²) in [4.78, 5) is 27.3. The second-order valence-electron chi connectivity index (χ2n) is 6.58. The molecule has 6 nitrogen and oxygen atoms in total. The smallest absolute Gasteiger partial charge is 0.294 e. The zero-order valence-corrected chi connectivity index (χ0v) is 15.0. The van der Waals surface area contributed by atoms with E-state index in [4.69, 9.17) is 4.42 Å². The first-order chi connectivity index (χ1) is 13.5. The lowest BCUT2D eigenvalue weighted by molar-refractivity contribution is -0.117. The van der Waals surface area contributed by atoms with Crippen LogP contribution in [0.5, 0.6) is 5.75 Å². The highest BCUT2D eigenvalue weighted by molar-refractivity contribution is 6.20. The number of ketones is 1. The van der Waals surface area contributed by atoms with Crippen molar-refractivity contribution in [3.63, 3.8) is 0 Å². The number of amides is 1. The minimum Gasteiger partial charge on any atom is -0.508 e. The molecule has 4 rings (SSSR count). The van der Waals surface area contributed by atoms with Crippen LogP contribution in [-0.4, -0.2) is 21.9 Å². The van der Waals surface area contributed by atoms with Gasteiger partial charge >= 0.3 is 0 Å². The van der Waals surface area contributed by atoms with Crippen LogP contribution in [0.4, 0.5) is 5.69 Å². The Kier molecular flexibility index (Phi) is 4.24. The number of hydrogen-bond acceptors (Lipinski definition) is 5. The van der Waals surface area contributed by atoms with Gasteiger partial charge in [0.15, 0.2) is 11.5 Å². The van der Waals surface area contributed by atoms with E-state index >= 15 is 0 Å². The molecule has 1 unspecified atom stereocenters. The average Bonchev–Trinajstić information content (AvgIpc) is 3.30. The monoisotopic (exact) mass is 375 g/mol. The minimum atomic E-state index is -0.903. The van der Waals surface area contributed by atoms with Crippen LogP contribution in [0.15, 0.2) is 82.7 Å². The van der Waals surface area contributed by atoms with Gasteiger partial charge in [-0.3, -0.25) is 14.5 Å². The van der Waals surface area contributed by atoms with Gasteiger partial charge in [-0.25, -0.2) is 0 Å². The van der Waals surface area contributed by atoms with E-state index in [1.807, 2.05) is 19.1 Å².